The van der Waals surface area contributed by atoms with Crippen molar-refractivity contribution in [3.63, 3.8) is 0 Å². The fourth-order valence-electron chi connectivity index (χ4n) is 3.24. The van der Waals surface area contributed by atoms with Gasteiger partial charge in [0, 0.05) is 7.05 Å². The Labute approximate surface area is 199 Å². The third kappa shape index (κ3) is 4.12. The van der Waals surface area contributed by atoms with Crippen LogP contribution in [0.1, 0.15) is 26.3 Å². The molecule has 4 aromatic rings. The molecule has 2 aromatic heterocycles. The molecule has 0 N–H and O–H groups in total. The van der Waals surface area contributed by atoms with E-state index in [1.165, 1.54) is 29.0 Å². The van der Waals surface area contributed by atoms with Crippen molar-refractivity contribution < 1.29 is 4.39 Å². The number of aryl methyl sites for hydroxylation is 1. The van der Waals surface area contributed by atoms with E-state index in [9.17, 15) is 4.39 Å². The highest BCUT2D eigenvalue weighted by atomic mass is 35.5. The molecular formula is C23H19Cl3FN3S. The van der Waals surface area contributed by atoms with Crippen LogP contribution in [0, 0.1) is 5.82 Å². The van der Waals surface area contributed by atoms with Gasteiger partial charge in [-0.3, -0.25) is 0 Å². The number of nitrogens with zero attached hydrogens (tertiary/aromatic N) is 3. The van der Waals surface area contributed by atoms with E-state index >= 15 is 0 Å². The zero-order valence-corrected chi connectivity index (χ0v) is 20.4. The van der Waals surface area contributed by atoms with Gasteiger partial charge in [-0.1, -0.05) is 85.9 Å². The summed E-state index contributed by atoms with van der Waals surface area (Å²) in [5.41, 5.74) is 2.41. The predicted molar refractivity (Wildman–Crippen MR) is 129 cm³/mol. The number of hydrogen-bond donors (Lipinski definition) is 0. The van der Waals surface area contributed by atoms with Crippen LogP contribution in [0.25, 0.3) is 32.5 Å². The lowest BCUT2D eigenvalue weighted by atomic mass is 9.86. The molecule has 2 heterocycles. The molecule has 4 rings (SSSR count). The Kier molecular flexibility index (Phi) is 5.90. The van der Waals surface area contributed by atoms with Crippen LogP contribution in [0.4, 0.5) is 4.39 Å². The standard InChI is InChI=1S/C23H19Cl3FN3S/c1-23(2,3)13-10-8-12(9-11-13)19-17(25)18(26)20(31-19)22-28-21(29-30(22)4)16-14(24)6-5-7-15(16)27/h5-11H,1-4H3. The van der Waals surface area contributed by atoms with Crippen LogP contribution in [0.2, 0.25) is 15.1 Å². The highest BCUT2D eigenvalue weighted by molar-refractivity contribution is 7.20. The summed E-state index contributed by atoms with van der Waals surface area (Å²) in [7, 11) is 1.72. The lowest BCUT2D eigenvalue weighted by Gasteiger charge is -2.19. The highest BCUT2D eigenvalue weighted by Gasteiger charge is 2.24. The van der Waals surface area contributed by atoms with Crippen LogP contribution in [0.15, 0.2) is 42.5 Å². The van der Waals surface area contributed by atoms with E-state index in [4.69, 9.17) is 34.8 Å². The average molecular weight is 495 g/mol. The largest absolute Gasteiger partial charge is 0.248 e. The molecule has 0 radical (unpaired) electrons. The molecule has 0 fully saturated rings. The van der Waals surface area contributed by atoms with Crippen LogP contribution in [-0.4, -0.2) is 14.8 Å². The Balaban J connectivity index is 1.78. The van der Waals surface area contributed by atoms with Gasteiger partial charge >= 0.3 is 0 Å². The van der Waals surface area contributed by atoms with E-state index < -0.39 is 5.82 Å². The zero-order valence-electron chi connectivity index (χ0n) is 17.3. The lowest BCUT2D eigenvalue weighted by molar-refractivity contribution is 0.590. The van der Waals surface area contributed by atoms with Crippen LogP contribution in [0.3, 0.4) is 0 Å². The Bertz CT molecular complexity index is 1250. The van der Waals surface area contributed by atoms with Gasteiger partial charge < -0.3 is 0 Å². The van der Waals surface area contributed by atoms with E-state index in [1.54, 1.807) is 17.8 Å². The Morgan fingerprint density at radius 3 is 2.19 bits per heavy atom. The van der Waals surface area contributed by atoms with Gasteiger partial charge in [0.15, 0.2) is 11.6 Å². The molecule has 2 aromatic carbocycles. The van der Waals surface area contributed by atoms with Crippen LogP contribution >= 0.6 is 46.1 Å². The molecule has 0 aliphatic heterocycles. The Hall–Kier alpha value is -1.92. The molecule has 0 aliphatic rings. The number of rotatable bonds is 3. The summed E-state index contributed by atoms with van der Waals surface area (Å²) in [4.78, 5) is 6.03. The molecule has 0 aliphatic carbocycles. The second-order valence-corrected chi connectivity index (χ2v) is 10.4. The zero-order chi connectivity index (χ0) is 22.5. The van der Waals surface area contributed by atoms with E-state index in [0.717, 1.165) is 10.4 Å². The number of aromatic nitrogens is 3. The predicted octanol–water partition coefficient (Wildman–Crippen LogP) is 8.27. The summed E-state index contributed by atoms with van der Waals surface area (Å²) in [6.45, 7) is 6.51. The first kappa shape index (κ1) is 22.3. The van der Waals surface area contributed by atoms with E-state index in [2.05, 4.69) is 43.0 Å². The maximum absolute atomic E-state index is 14.3. The summed E-state index contributed by atoms with van der Waals surface area (Å²) in [5.74, 6) is 0.195. The minimum atomic E-state index is -0.486. The molecule has 160 valence electrons. The maximum Gasteiger partial charge on any atom is 0.186 e. The Morgan fingerprint density at radius 1 is 0.935 bits per heavy atom. The van der Waals surface area contributed by atoms with Crippen molar-refractivity contribution in [2.45, 2.75) is 26.2 Å². The normalized spacial score (nSPS) is 11.9. The first-order valence-corrected chi connectivity index (χ1v) is 11.5. The van der Waals surface area contributed by atoms with Gasteiger partial charge in [-0.2, -0.15) is 5.10 Å². The van der Waals surface area contributed by atoms with Crippen LogP contribution in [0.5, 0.6) is 0 Å². The van der Waals surface area contributed by atoms with Crippen molar-refractivity contribution in [1.82, 2.24) is 14.8 Å². The number of halogens is 4. The summed E-state index contributed by atoms with van der Waals surface area (Å²) >= 11 is 20.8. The second-order valence-electron chi connectivity index (χ2n) is 8.19. The van der Waals surface area contributed by atoms with E-state index in [0.29, 0.717) is 20.7 Å². The van der Waals surface area contributed by atoms with E-state index in [-0.39, 0.29) is 21.8 Å². The van der Waals surface area contributed by atoms with Crippen molar-refractivity contribution >= 4 is 46.1 Å². The summed E-state index contributed by atoms with van der Waals surface area (Å²) in [5, 5.41) is 5.45. The Morgan fingerprint density at radius 2 is 1.58 bits per heavy atom. The molecule has 0 unspecified atom stereocenters. The van der Waals surface area contributed by atoms with Gasteiger partial charge in [-0.25, -0.2) is 14.1 Å². The molecule has 0 atom stereocenters. The number of thiophene rings is 1. The molecule has 0 bridgehead atoms. The summed E-state index contributed by atoms with van der Waals surface area (Å²) in [6, 6.07) is 12.7. The fraction of sp³-hybridized carbons (Fsp3) is 0.217. The topological polar surface area (TPSA) is 30.7 Å². The van der Waals surface area contributed by atoms with Gasteiger partial charge in [0.2, 0.25) is 0 Å². The van der Waals surface area contributed by atoms with Gasteiger partial charge in [0.25, 0.3) is 0 Å². The molecule has 31 heavy (non-hydrogen) atoms. The molecule has 3 nitrogen and oxygen atoms in total. The summed E-state index contributed by atoms with van der Waals surface area (Å²) in [6.07, 6.45) is 0. The van der Waals surface area contributed by atoms with Crippen molar-refractivity contribution in [1.29, 1.82) is 0 Å². The van der Waals surface area contributed by atoms with Gasteiger partial charge in [-0.05, 0) is 28.7 Å². The minimum Gasteiger partial charge on any atom is -0.248 e. The number of hydrogen-bond acceptors (Lipinski definition) is 3. The average Bonchev–Trinajstić information content (AvgIpc) is 3.21. The van der Waals surface area contributed by atoms with Crippen molar-refractivity contribution in [2.75, 3.05) is 0 Å². The third-order valence-corrected chi connectivity index (χ3v) is 7.59. The molecule has 0 saturated heterocycles. The summed E-state index contributed by atoms with van der Waals surface area (Å²) < 4.78 is 15.9. The van der Waals surface area contributed by atoms with Crippen molar-refractivity contribution in [2.24, 2.45) is 7.05 Å². The smallest absolute Gasteiger partial charge is 0.186 e. The molecule has 0 amide bonds. The fourth-order valence-corrected chi connectivity index (χ4v) is 5.33. The molecule has 0 spiro atoms. The first-order chi connectivity index (χ1) is 14.6. The first-order valence-electron chi connectivity index (χ1n) is 9.52. The lowest BCUT2D eigenvalue weighted by Crippen LogP contribution is -2.10. The van der Waals surface area contributed by atoms with Gasteiger partial charge in [-0.15, -0.1) is 11.3 Å². The maximum atomic E-state index is 14.3. The van der Waals surface area contributed by atoms with Crippen LogP contribution < -0.4 is 0 Å². The van der Waals surface area contributed by atoms with Crippen molar-refractivity contribution in [3.8, 4) is 32.5 Å². The highest BCUT2D eigenvalue weighted by Crippen LogP contribution is 2.48. The second kappa shape index (κ2) is 8.21. The quantitative estimate of drug-likeness (QED) is 0.287. The van der Waals surface area contributed by atoms with Crippen molar-refractivity contribution in [3.05, 3.63) is 68.9 Å². The van der Waals surface area contributed by atoms with Gasteiger partial charge in [0.1, 0.15) is 5.82 Å². The molecule has 0 saturated carbocycles. The molecular weight excluding hydrogens is 476 g/mol. The number of benzene rings is 2. The monoisotopic (exact) mass is 493 g/mol. The SMILES string of the molecule is Cn1nc(-c2c(F)cccc2Cl)nc1-c1sc(-c2ccc(C(C)(C)C)cc2)c(Cl)c1Cl. The molecule has 8 heteroatoms. The third-order valence-electron chi connectivity index (χ3n) is 4.96. The van der Waals surface area contributed by atoms with Gasteiger partial charge in [0.05, 0.1) is 30.4 Å². The minimum absolute atomic E-state index is 0.0591. The van der Waals surface area contributed by atoms with E-state index in [1.807, 2.05) is 12.1 Å². The van der Waals surface area contributed by atoms with Crippen LogP contribution in [-0.2, 0) is 12.5 Å².